The Morgan fingerprint density at radius 3 is 1.61 bits per heavy atom. The molecule has 2 saturated carbocycles. The maximum absolute atomic E-state index is 15.5. The van der Waals surface area contributed by atoms with Crippen LogP contribution in [0.4, 0.5) is 28.9 Å². The van der Waals surface area contributed by atoms with E-state index in [-0.39, 0.29) is 79.3 Å². The highest BCUT2D eigenvalue weighted by Crippen LogP contribution is 2.44. The molecule has 364 valence electrons. The number of nitrogens with zero attached hydrogens (tertiary/aromatic N) is 6. The van der Waals surface area contributed by atoms with Crippen molar-refractivity contribution < 1.29 is 32.3 Å². The summed E-state index contributed by atoms with van der Waals surface area (Å²) in [4.78, 5) is 62.5. The number of aromatic carboxylic acids is 1. The van der Waals surface area contributed by atoms with Gasteiger partial charge in [-0.1, -0.05) is 53.5 Å². The van der Waals surface area contributed by atoms with Crippen LogP contribution in [-0.2, 0) is 0 Å². The van der Waals surface area contributed by atoms with Gasteiger partial charge in [-0.2, -0.15) is 0 Å². The van der Waals surface area contributed by atoms with Crippen LogP contribution in [0.5, 0.6) is 0 Å². The zero-order chi connectivity index (χ0) is 49.4. The molecule has 4 aromatic carbocycles. The van der Waals surface area contributed by atoms with E-state index in [1.54, 1.807) is 47.3 Å². The molecule has 2 aromatic heterocycles. The Balaban J connectivity index is 0.000000174. The summed E-state index contributed by atoms with van der Waals surface area (Å²) in [6, 6.07) is 14.7. The molecule has 2 saturated heterocycles. The second-order valence-corrected chi connectivity index (χ2v) is 19.3. The van der Waals surface area contributed by atoms with Crippen molar-refractivity contribution >= 4 is 80.6 Å². The van der Waals surface area contributed by atoms with Gasteiger partial charge in [-0.3, -0.25) is 24.4 Å². The lowest BCUT2D eigenvalue weighted by molar-refractivity contribution is 0.0694. The summed E-state index contributed by atoms with van der Waals surface area (Å²) >= 11 is 13.6. The number of carboxylic acid groups (broad SMARTS) is 1. The molecule has 2 aliphatic carbocycles. The second kappa shape index (κ2) is 20.6. The number of Topliss-reactive ketones (excluding diaryl/α,β-unsaturated/α-hetero) is 1. The van der Waals surface area contributed by atoms with Gasteiger partial charge in [-0.25, -0.2) is 22.4 Å². The molecule has 4 heterocycles. The van der Waals surface area contributed by atoms with Crippen molar-refractivity contribution in [2.45, 2.75) is 95.3 Å². The Morgan fingerprint density at radius 1 is 0.643 bits per heavy atom. The molecular weight excluding hydrogens is 948 g/mol. The number of carbonyl (C=O) groups excluding carboxylic acids is 1. The summed E-state index contributed by atoms with van der Waals surface area (Å²) in [7, 11) is 0. The molecule has 10 rings (SSSR count). The Labute approximate surface area is 410 Å². The molecule has 6 aromatic rings. The van der Waals surface area contributed by atoms with Crippen molar-refractivity contribution in [2.24, 2.45) is 9.98 Å². The van der Waals surface area contributed by atoms with Crippen molar-refractivity contribution in [3.05, 3.63) is 149 Å². The summed E-state index contributed by atoms with van der Waals surface area (Å²) < 4.78 is 61.8. The van der Waals surface area contributed by atoms with Gasteiger partial charge in [0.1, 0.15) is 28.8 Å². The minimum atomic E-state index is -1.35. The predicted molar refractivity (Wildman–Crippen MR) is 268 cm³/mol. The summed E-state index contributed by atoms with van der Waals surface area (Å²) in [5.74, 6) is -3.61. The van der Waals surface area contributed by atoms with Crippen LogP contribution in [0.3, 0.4) is 0 Å². The van der Waals surface area contributed by atoms with E-state index in [4.69, 9.17) is 23.2 Å². The maximum atomic E-state index is 15.5. The Bertz CT molecular complexity index is 3210. The zero-order valence-electron chi connectivity index (χ0n) is 38.3. The molecule has 0 unspecified atom stereocenters. The largest absolute Gasteiger partial charge is 0.477 e. The number of hydrogen-bond acceptors (Lipinski definition) is 8. The monoisotopic (exact) mass is 996 g/mol. The number of carbonyl (C=O) groups is 2. The Hall–Kier alpha value is -6.32. The third-order valence-electron chi connectivity index (χ3n) is 13.4. The highest BCUT2D eigenvalue weighted by Gasteiger charge is 2.33. The van der Waals surface area contributed by atoms with E-state index < -0.39 is 34.0 Å². The molecule has 2 aliphatic heterocycles. The summed E-state index contributed by atoms with van der Waals surface area (Å²) in [6.45, 7) is 3.36. The van der Waals surface area contributed by atoms with E-state index >= 15 is 8.78 Å². The van der Waals surface area contributed by atoms with Crippen molar-refractivity contribution in [3.63, 3.8) is 0 Å². The van der Waals surface area contributed by atoms with E-state index in [1.807, 2.05) is 14.4 Å². The Kier molecular flexibility index (Phi) is 14.3. The van der Waals surface area contributed by atoms with E-state index in [0.717, 1.165) is 75.8 Å². The van der Waals surface area contributed by atoms with E-state index in [0.29, 0.717) is 42.8 Å². The van der Waals surface area contributed by atoms with E-state index in [2.05, 4.69) is 9.98 Å². The van der Waals surface area contributed by atoms with Crippen molar-refractivity contribution in [3.8, 4) is 0 Å². The van der Waals surface area contributed by atoms with Gasteiger partial charge in [-0.05, 0) is 107 Å². The van der Waals surface area contributed by atoms with Gasteiger partial charge in [0.15, 0.2) is 11.2 Å². The van der Waals surface area contributed by atoms with Crippen LogP contribution in [-0.4, -0.2) is 76.7 Å². The van der Waals surface area contributed by atoms with Gasteiger partial charge in [0.05, 0.1) is 60.9 Å². The number of ketones is 1. The number of carboxylic acids is 1. The number of pyridine rings is 2. The van der Waals surface area contributed by atoms with Crippen LogP contribution in [0.2, 0.25) is 10.0 Å². The highest BCUT2D eigenvalue weighted by atomic mass is 35.5. The van der Waals surface area contributed by atoms with Crippen LogP contribution in [0.25, 0.3) is 21.8 Å². The van der Waals surface area contributed by atoms with Crippen LogP contribution < -0.4 is 20.7 Å². The molecule has 0 bridgehead atoms. The number of hydrogen-bond donors (Lipinski definition) is 1. The molecule has 4 fully saturated rings. The molecule has 0 amide bonds. The normalized spacial score (nSPS) is 18.8. The first-order chi connectivity index (χ1) is 33.7. The molecule has 70 heavy (non-hydrogen) atoms. The topological polar surface area (TPSA) is 130 Å². The minimum absolute atomic E-state index is 0.0243. The number of fused-ring (bicyclic) bond motifs is 2. The maximum Gasteiger partial charge on any atom is 0.341 e. The first-order valence-corrected chi connectivity index (χ1v) is 24.4. The fraction of sp³-hybridized carbons (Fsp3) is 0.358. The quantitative estimate of drug-likeness (QED) is 0.0822. The van der Waals surface area contributed by atoms with Crippen LogP contribution in [0, 0.1) is 23.3 Å². The SMILES string of the molecule is CC(=O)c1cn(C2CC2)c2c(Cl)c(N3CCCC[C@@H](N=Cc4ccccc4F)C3)c(F)cc2c1=O.O=C(O)c1cn(C2CC2)c2c(Cl)c(N3CCCC[C@@H](N=Cc4ccc(F)cc4)C3)c(F)cc2c1=O. The van der Waals surface area contributed by atoms with Crippen LogP contribution >= 0.6 is 23.2 Å². The summed E-state index contributed by atoms with van der Waals surface area (Å²) in [5, 5.41) is 9.87. The van der Waals surface area contributed by atoms with E-state index in [9.17, 15) is 33.1 Å². The first-order valence-electron chi connectivity index (χ1n) is 23.6. The molecule has 1 N–H and O–H groups in total. The van der Waals surface area contributed by atoms with Gasteiger partial charge in [0.25, 0.3) is 0 Å². The molecule has 0 radical (unpaired) electrons. The smallest absolute Gasteiger partial charge is 0.341 e. The molecular formula is C53H50Cl2F4N6O5. The number of aromatic nitrogens is 2. The second-order valence-electron chi connectivity index (χ2n) is 18.5. The van der Waals surface area contributed by atoms with Gasteiger partial charge in [-0.15, -0.1) is 0 Å². The average Bonchev–Trinajstić information content (AvgIpc) is 4.23. The molecule has 11 nitrogen and oxygen atoms in total. The highest BCUT2D eigenvalue weighted by molar-refractivity contribution is 6.38. The van der Waals surface area contributed by atoms with Crippen molar-refractivity contribution in [2.75, 3.05) is 36.0 Å². The molecule has 17 heteroatoms. The number of rotatable bonds is 10. The number of anilines is 2. The van der Waals surface area contributed by atoms with Crippen molar-refractivity contribution in [1.29, 1.82) is 0 Å². The van der Waals surface area contributed by atoms with Gasteiger partial charge >= 0.3 is 5.97 Å². The molecule has 4 aliphatic rings. The van der Waals surface area contributed by atoms with Crippen LogP contribution in [0.15, 0.2) is 92.6 Å². The third-order valence-corrected chi connectivity index (χ3v) is 14.1. The number of halogens is 6. The predicted octanol–water partition coefficient (Wildman–Crippen LogP) is 11.4. The lowest BCUT2D eigenvalue weighted by atomic mass is 10.1. The van der Waals surface area contributed by atoms with Gasteiger partial charge in [0.2, 0.25) is 5.43 Å². The lowest BCUT2D eigenvalue weighted by Gasteiger charge is -2.27. The standard InChI is InChI=1S/C27H26ClF2N3O2.C26H24ClF2N3O3/c1-16(34)21-15-33(19-9-10-19)25-20(27(21)35)12-23(30)26(24(25)28)32-11-5-4-7-18(14-32)31-13-17-6-2-3-8-22(17)29;27-22-23-19(25(33)20(26(34)35)14-32(23)18-8-9-18)11-21(29)24(22)31-10-2-1-3-17(13-31)30-12-15-4-6-16(28)7-5-15/h2-3,6,8,12-13,15,18-19H,4-5,7,9-11,14H2,1H3;4-7,11-12,14,17-18H,1-3,8-10,13H2,(H,34,35)/t18-;17-/m11/s1. The molecule has 2 atom stereocenters. The minimum Gasteiger partial charge on any atom is -0.477 e. The fourth-order valence-electron chi connectivity index (χ4n) is 9.52. The zero-order valence-corrected chi connectivity index (χ0v) is 39.8. The molecule has 0 spiro atoms. The Morgan fingerprint density at radius 2 is 1.13 bits per heavy atom. The average molecular weight is 998 g/mol. The van der Waals surface area contributed by atoms with Gasteiger partial charge < -0.3 is 24.0 Å². The first kappa shape index (κ1) is 48.7. The van der Waals surface area contributed by atoms with Gasteiger partial charge in [0, 0.05) is 68.6 Å². The lowest BCUT2D eigenvalue weighted by Crippen LogP contribution is -2.31. The fourth-order valence-corrected chi connectivity index (χ4v) is 10.3. The summed E-state index contributed by atoms with van der Waals surface area (Å²) in [5.41, 5.74) is 0.897. The summed E-state index contributed by atoms with van der Waals surface area (Å²) in [6.07, 6.45) is 14.7. The number of aliphatic imine (C=N–C) groups is 2. The van der Waals surface area contributed by atoms with E-state index in [1.165, 1.54) is 43.6 Å². The third kappa shape index (κ3) is 10.3. The van der Waals surface area contributed by atoms with Crippen molar-refractivity contribution in [1.82, 2.24) is 9.13 Å². The number of benzene rings is 4. The van der Waals surface area contributed by atoms with Crippen LogP contribution in [0.1, 0.15) is 115 Å².